The van der Waals surface area contributed by atoms with E-state index in [1.165, 1.54) is 16.7 Å². The van der Waals surface area contributed by atoms with E-state index in [0.29, 0.717) is 13.0 Å². The van der Waals surface area contributed by atoms with Crippen LogP contribution in [0.2, 0.25) is 0 Å². The second kappa shape index (κ2) is 6.28. The second-order valence-corrected chi connectivity index (χ2v) is 4.22. The predicted octanol–water partition coefficient (Wildman–Crippen LogP) is 3.11. The molecule has 0 radical (unpaired) electrons. The van der Waals surface area contributed by atoms with Crippen LogP contribution in [-0.2, 0) is 11.2 Å². The number of carboxylic acids is 1. The van der Waals surface area contributed by atoms with Crippen molar-refractivity contribution >= 4 is 5.97 Å². The molecule has 3 nitrogen and oxygen atoms in total. The smallest absolute Gasteiger partial charge is 0.303 e. The summed E-state index contributed by atoms with van der Waals surface area (Å²) in [5, 5.41) is 8.62. The maximum Gasteiger partial charge on any atom is 0.303 e. The first-order valence-electron chi connectivity index (χ1n) is 5.99. The lowest BCUT2D eigenvalue weighted by Gasteiger charge is -2.12. The lowest BCUT2D eigenvalue weighted by molar-refractivity contribution is -0.137. The van der Waals surface area contributed by atoms with Crippen LogP contribution in [0.5, 0.6) is 5.75 Å². The minimum atomic E-state index is -0.730. The number of aryl methyl sites for hydroxylation is 2. The predicted molar refractivity (Wildman–Crippen MR) is 67.7 cm³/mol. The van der Waals surface area contributed by atoms with E-state index in [-0.39, 0.29) is 6.42 Å². The molecule has 0 spiro atoms. The molecule has 0 fully saturated rings. The Labute approximate surface area is 102 Å². The van der Waals surface area contributed by atoms with E-state index < -0.39 is 5.97 Å². The lowest BCUT2D eigenvalue weighted by atomic mass is 9.97. The Hall–Kier alpha value is -1.51. The van der Waals surface area contributed by atoms with Crippen LogP contribution in [-0.4, -0.2) is 17.7 Å². The van der Waals surface area contributed by atoms with Gasteiger partial charge in [0.2, 0.25) is 0 Å². The number of ether oxygens (including phenoxy) is 1. The lowest BCUT2D eigenvalue weighted by Crippen LogP contribution is -2.00. The van der Waals surface area contributed by atoms with Crippen LogP contribution in [0.15, 0.2) is 12.1 Å². The summed E-state index contributed by atoms with van der Waals surface area (Å²) in [5.74, 6) is 0.163. The first kappa shape index (κ1) is 13.6. The summed E-state index contributed by atoms with van der Waals surface area (Å²) < 4.78 is 5.47. The molecule has 94 valence electrons. The highest BCUT2D eigenvalue weighted by atomic mass is 16.5. The van der Waals surface area contributed by atoms with Gasteiger partial charge in [-0.15, -0.1) is 0 Å². The Morgan fingerprint density at radius 1 is 1.29 bits per heavy atom. The van der Waals surface area contributed by atoms with Gasteiger partial charge in [0.05, 0.1) is 6.61 Å². The van der Waals surface area contributed by atoms with E-state index in [0.717, 1.165) is 12.2 Å². The Morgan fingerprint density at radius 2 is 1.88 bits per heavy atom. The van der Waals surface area contributed by atoms with Crippen LogP contribution in [0.3, 0.4) is 0 Å². The molecule has 0 aliphatic heterocycles. The highest BCUT2D eigenvalue weighted by Crippen LogP contribution is 2.23. The third-order valence-electron chi connectivity index (χ3n) is 2.80. The van der Waals surface area contributed by atoms with Gasteiger partial charge in [0.25, 0.3) is 0 Å². The van der Waals surface area contributed by atoms with Crippen LogP contribution in [0.1, 0.15) is 36.5 Å². The average Bonchev–Trinajstić information content (AvgIpc) is 2.22. The molecule has 0 aromatic heterocycles. The zero-order chi connectivity index (χ0) is 12.8. The molecule has 1 N–H and O–H groups in total. The molecule has 0 aliphatic rings. The molecule has 0 aliphatic carbocycles. The van der Waals surface area contributed by atoms with Gasteiger partial charge in [0.1, 0.15) is 5.75 Å². The van der Waals surface area contributed by atoms with Crippen LogP contribution in [0.25, 0.3) is 0 Å². The summed E-state index contributed by atoms with van der Waals surface area (Å²) in [7, 11) is 0. The van der Waals surface area contributed by atoms with Gasteiger partial charge >= 0.3 is 5.97 Å². The standard InChI is InChI=1S/C14H20O3/c1-4-17-12-8-10(2)13(11(3)9-12)6-5-7-14(15)16/h8-9H,4-7H2,1-3H3,(H,15,16). The third-order valence-corrected chi connectivity index (χ3v) is 2.80. The van der Waals surface area contributed by atoms with E-state index in [9.17, 15) is 4.79 Å². The Bertz CT molecular complexity index is 373. The minimum absolute atomic E-state index is 0.228. The van der Waals surface area contributed by atoms with Gasteiger partial charge in [-0.25, -0.2) is 0 Å². The van der Waals surface area contributed by atoms with E-state index >= 15 is 0 Å². The van der Waals surface area contributed by atoms with E-state index in [2.05, 4.69) is 0 Å². The van der Waals surface area contributed by atoms with Crippen LogP contribution < -0.4 is 4.74 Å². The number of hydrogen-bond donors (Lipinski definition) is 1. The van der Waals surface area contributed by atoms with E-state index in [4.69, 9.17) is 9.84 Å². The van der Waals surface area contributed by atoms with Crippen molar-refractivity contribution in [2.45, 2.75) is 40.0 Å². The summed E-state index contributed by atoms with van der Waals surface area (Å²) in [6.45, 7) is 6.72. The van der Waals surface area contributed by atoms with Crippen molar-refractivity contribution in [3.8, 4) is 5.75 Å². The van der Waals surface area contributed by atoms with Gasteiger partial charge in [-0.3, -0.25) is 4.79 Å². The maximum atomic E-state index is 10.5. The summed E-state index contributed by atoms with van der Waals surface area (Å²) in [5.41, 5.74) is 3.60. The highest BCUT2D eigenvalue weighted by Gasteiger charge is 2.07. The fraction of sp³-hybridized carbons (Fsp3) is 0.500. The van der Waals surface area contributed by atoms with Gasteiger partial charge in [0, 0.05) is 6.42 Å². The monoisotopic (exact) mass is 236 g/mol. The van der Waals surface area contributed by atoms with Gasteiger partial charge in [0.15, 0.2) is 0 Å². The van der Waals surface area contributed by atoms with Crippen molar-refractivity contribution in [3.05, 3.63) is 28.8 Å². The zero-order valence-electron chi connectivity index (χ0n) is 10.7. The molecular formula is C14H20O3. The highest BCUT2D eigenvalue weighted by molar-refractivity contribution is 5.66. The molecule has 0 heterocycles. The van der Waals surface area contributed by atoms with Gasteiger partial charge in [-0.05, 0) is 62.4 Å². The molecule has 1 aromatic carbocycles. The molecule has 1 aromatic rings. The normalized spacial score (nSPS) is 10.3. The van der Waals surface area contributed by atoms with E-state index in [1.807, 2.05) is 32.9 Å². The Balaban J connectivity index is 2.75. The first-order valence-corrected chi connectivity index (χ1v) is 5.99. The van der Waals surface area contributed by atoms with Crippen molar-refractivity contribution in [2.24, 2.45) is 0 Å². The molecule has 0 bridgehead atoms. The van der Waals surface area contributed by atoms with Gasteiger partial charge in [-0.2, -0.15) is 0 Å². The Kier molecular flexibility index (Phi) is 5.01. The van der Waals surface area contributed by atoms with Crippen molar-refractivity contribution in [2.75, 3.05) is 6.61 Å². The number of rotatable bonds is 6. The van der Waals surface area contributed by atoms with Crippen LogP contribution in [0.4, 0.5) is 0 Å². The summed E-state index contributed by atoms with van der Waals surface area (Å²) >= 11 is 0. The average molecular weight is 236 g/mol. The summed E-state index contributed by atoms with van der Waals surface area (Å²) in [6, 6.07) is 4.04. The molecule has 1 rings (SSSR count). The van der Waals surface area contributed by atoms with Crippen molar-refractivity contribution in [1.82, 2.24) is 0 Å². The fourth-order valence-corrected chi connectivity index (χ4v) is 2.01. The van der Waals surface area contributed by atoms with Crippen molar-refractivity contribution in [3.63, 3.8) is 0 Å². The zero-order valence-corrected chi connectivity index (χ0v) is 10.7. The molecule has 0 amide bonds. The maximum absolute atomic E-state index is 10.5. The summed E-state index contributed by atoms with van der Waals surface area (Å²) in [6.07, 6.45) is 1.73. The van der Waals surface area contributed by atoms with Crippen LogP contribution in [0, 0.1) is 13.8 Å². The van der Waals surface area contributed by atoms with Gasteiger partial charge in [-0.1, -0.05) is 0 Å². The number of hydrogen-bond acceptors (Lipinski definition) is 2. The third kappa shape index (κ3) is 4.10. The molecular weight excluding hydrogens is 216 g/mol. The SMILES string of the molecule is CCOc1cc(C)c(CCCC(=O)O)c(C)c1. The fourth-order valence-electron chi connectivity index (χ4n) is 2.01. The minimum Gasteiger partial charge on any atom is -0.494 e. The van der Waals surface area contributed by atoms with Crippen molar-refractivity contribution in [1.29, 1.82) is 0 Å². The molecule has 0 atom stereocenters. The second-order valence-electron chi connectivity index (χ2n) is 4.22. The number of benzene rings is 1. The molecule has 0 unspecified atom stereocenters. The Morgan fingerprint density at radius 3 is 2.35 bits per heavy atom. The topological polar surface area (TPSA) is 46.5 Å². The molecule has 0 saturated carbocycles. The van der Waals surface area contributed by atoms with Crippen molar-refractivity contribution < 1.29 is 14.6 Å². The van der Waals surface area contributed by atoms with E-state index in [1.54, 1.807) is 0 Å². The number of carbonyl (C=O) groups is 1. The van der Waals surface area contributed by atoms with Crippen LogP contribution >= 0.6 is 0 Å². The molecule has 17 heavy (non-hydrogen) atoms. The number of carboxylic acid groups (broad SMARTS) is 1. The first-order chi connectivity index (χ1) is 8.04. The molecule has 0 saturated heterocycles. The largest absolute Gasteiger partial charge is 0.494 e. The number of aliphatic carboxylic acids is 1. The molecule has 3 heteroatoms. The summed E-state index contributed by atoms with van der Waals surface area (Å²) in [4.78, 5) is 10.5. The van der Waals surface area contributed by atoms with Gasteiger partial charge < -0.3 is 9.84 Å². The quantitative estimate of drug-likeness (QED) is 0.825.